The average molecular weight is 404 g/mol. The van der Waals surface area contributed by atoms with Gasteiger partial charge in [-0.25, -0.2) is 0 Å². The zero-order valence-electron chi connectivity index (χ0n) is 11.8. The second-order valence-corrected chi connectivity index (χ2v) is 7.52. The summed E-state index contributed by atoms with van der Waals surface area (Å²) in [7, 11) is 0. The first-order chi connectivity index (χ1) is 9.43. The number of carbonyl (C=O) groups is 1. The summed E-state index contributed by atoms with van der Waals surface area (Å²) < 4.78 is 1.77. The highest BCUT2D eigenvalue weighted by Gasteiger charge is 2.37. The Bertz CT molecular complexity index is 476. The number of nitrogens with one attached hydrogen (secondary N) is 2. The second-order valence-electron chi connectivity index (χ2n) is 5.82. The molecule has 3 nitrogen and oxygen atoms in total. The van der Waals surface area contributed by atoms with Gasteiger partial charge in [-0.3, -0.25) is 4.79 Å². The lowest BCUT2D eigenvalue weighted by molar-refractivity contribution is -0.127. The monoisotopic (exact) mass is 402 g/mol. The fraction of sp³-hybridized carbons (Fsp3) is 0.533. The molecule has 0 radical (unpaired) electrons. The number of piperidine rings is 1. The number of para-hydroxylation sites is 1. The van der Waals surface area contributed by atoms with Gasteiger partial charge in [0.1, 0.15) is 0 Å². The van der Waals surface area contributed by atoms with E-state index in [0.29, 0.717) is 5.92 Å². The quantitative estimate of drug-likeness (QED) is 0.794. The molecule has 0 bridgehead atoms. The minimum atomic E-state index is -0.387. The van der Waals surface area contributed by atoms with Gasteiger partial charge in [0.2, 0.25) is 5.91 Å². The van der Waals surface area contributed by atoms with Crippen LogP contribution in [0.1, 0.15) is 26.7 Å². The van der Waals surface area contributed by atoms with Crippen molar-refractivity contribution in [2.75, 3.05) is 18.4 Å². The van der Waals surface area contributed by atoms with Gasteiger partial charge in [-0.15, -0.1) is 0 Å². The Labute approximate surface area is 137 Å². The number of hydrogen-bond donors (Lipinski definition) is 2. The smallest absolute Gasteiger partial charge is 0.230 e. The van der Waals surface area contributed by atoms with Crippen molar-refractivity contribution in [3.05, 3.63) is 27.1 Å². The fourth-order valence-corrected chi connectivity index (χ4v) is 3.74. The maximum Gasteiger partial charge on any atom is 0.230 e. The first-order valence-corrected chi connectivity index (χ1v) is 8.47. The van der Waals surface area contributed by atoms with Gasteiger partial charge in [-0.2, -0.15) is 0 Å². The standard InChI is InChI=1S/C15H20Br2N2O/c1-15(2,10-5-4-8-18-9-10)14(20)19-13-11(16)6-3-7-12(13)17/h3,6-7,10,18H,4-5,8-9H2,1-2H3,(H,19,20). The van der Waals surface area contributed by atoms with E-state index >= 15 is 0 Å². The molecule has 1 aromatic rings. The molecule has 1 heterocycles. The highest BCUT2D eigenvalue weighted by atomic mass is 79.9. The van der Waals surface area contributed by atoms with E-state index in [1.54, 1.807) is 0 Å². The summed E-state index contributed by atoms with van der Waals surface area (Å²) in [5, 5.41) is 6.44. The Morgan fingerprint density at radius 1 is 1.35 bits per heavy atom. The number of rotatable bonds is 3. The first-order valence-electron chi connectivity index (χ1n) is 6.89. The van der Waals surface area contributed by atoms with E-state index < -0.39 is 0 Å². The lowest BCUT2D eigenvalue weighted by Crippen LogP contribution is -2.44. The number of hydrogen-bond acceptors (Lipinski definition) is 2. The molecule has 110 valence electrons. The van der Waals surface area contributed by atoms with Gasteiger partial charge < -0.3 is 10.6 Å². The third kappa shape index (κ3) is 3.43. The minimum Gasteiger partial charge on any atom is -0.324 e. The largest absolute Gasteiger partial charge is 0.324 e. The van der Waals surface area contributed by atoms with Gasteiger partial charge in [0.25, 0.3) is 0 Å². The summed E-state index contributed by atoms with van der Waals surface area (Å²) in [6.07, 6.45) is 2.24. The predicted molar refractivity (Wildman–Crippen MR) is 89.8 cm³/mol. The highest BCUT2D eigenvalue weighted by molar-refractivity contribution is 9.11. The molecule has 1 unspecified atom stereocenters. The zero-order valence-corrected chi connectivity index (χ0v) is 15.0. The van der Waals surface area contributed by atoms with Crippen molar-refractivity contribution in [2.45, 2.75) is 26.7 Å². The van der Waals surface area contributed by atoms with Crippen molar-refractivity contribution in [2.24, 2.45) is 11.3 Å². The molecule has 1 saturated heterocycles. The number of halogens is 2. The number of amides is 1. The lowest BCUT2D eigenvalue weighted by Gasteiger charge is -2.36. The van der Waals surface area contributed by atoms with Crippen molar-refractivity contribution >= 4 is 43.5 Å². The fourth-order valence-electron chi connectivity index (χ4n) is 2.55. The van der Waals surface area contributed by atoms with Gasteiger partial charge in [0.15, 0.2) is 0 Å². The SMILES string of the molecule is CC(C)(C(=O)Nc1c(Br)cccc1Br)C1CCCNC1. The Morgan fingerprint density at radius 2 is 2.00 bits per heavy atom. The van der Waals surface area contributed by atoms with E-state index in [9.17, 15) is 4.79 Å². The summed E-state index contributed by atoms with van der Waals surface area (Å²) in [5.41, 5.74) is 0.414. The molecule has 1 atom stereocenters. The molecule has 0 aromatic heterocycles. The van der Waals surface area contributed by atoms with E-state index in [1.165, 1.54) is 0 Å². The summed E-state index contributed by atoms with van der Waals surface area (Å²) in [4.78, 5) is 12.7. The Hall–Kier alpha value is -0.390. The summed E-state index contributed by atoms with van der Waals surface area (Å²) in [6, 6.07) is 5.78. The molecule has 5 heteroatoms. The molecule has 1 amide bonds. The number of carbonyl (C=O) groups excluding carboxylic acids is 1. The van der Waals surface area contributed by atoms with Crippen LogP contribution in [0.4, 0.5) is 5.69 Å². The molecule has 0 saturated carbocycles. The van der Waals surface area contributed by atoms with E-state index in [1.807, 2.05) is 32.0 Å². The highest BCUT2D eigenvalue weighted by Crippen LogP contribution is 2.36. The Balaban J connectivity index is 2.14. The maximum atomic E-state index is 12.7. The molecule has 1 aliphatic rings. The maximum absolute atomic E-state index is 12.7. The molecule has 0 aliphatic carbocycles. The molecule has 20 heavy (non-hydrogen) atoms. The molecular formula is C15H20Br2N2O. The van der Waals surface area contributed by atoms with Crippen LogP contribution in [0.15, 0.2) is 27.1 Å². The Kier molecular flexibility index (Phi) is 5.26. The molecule has 2 N–H and O–H groups in total. The molecule has 2 rings (SSSR count). The van der Waals surface area contributed by atoms with Crippen molar-refractivity contribution < 1.29 is 4.79 Å². The van der Waals surface area contributed by atoms with Crippen molar-refractivity contribution in [3.63, 3.8) is 0 Å². The van der Waals surface area contributed by atoms with Crippen LogP contribution in [-0.2, 0) is 4.79 Å². The van der Waals surface area contributed by atoms with Gasteiger partial charge >= 0.3 is 0 Å². The predicted octanol–water partition coefficient (Wildman–Crippen LogP) is 4.18. The second kappa shape index (κ2) is 6.58. The third-order valence-electron chi connectivity index (χ3n) is 4.10. The summed E-state index contributed by atoms with van der Waals surface area (Å²) in [6.45, 7) is 6.04. The third-order valence-corrected chi connectivity index (χ3v) is 5.43. The van der Waals surface area contributed by atoms with Crippen LogP contribution >= 0.6 is 31.9 Å². The van der Waals surface area contributed by atoms with E-state index in [0.717, 1.165) is 40.6 Å². The van der Waals surface area contributed by atoms with Crippen LogP contribution in [0.2, 0.25) is 0 Å². The molecule has 1 aliphatic heterocycles. The normalized spacial score (nSPS) is 19.7. The van der Waals surface area contributed by atoms with Crippen molar-refractivity contribution in [1.82, 2.24) is 5.32 Å². The van der Waals surface area contributed by atoms with Gasteiger partial charge in [-0.1, -0.05) is 19.9 Å². The van der Waals surface area contributed by atoms with E-state index in [2.05, 4.69) is 42.5 Å². The van der Waals surface area contributed by atoms with Crippen molar-refractivity contribution in [3.8, 4) is 0 Å². The minimum absolute atomic E-state index is 0.0683. The van der Waals surface area contributed by atoms with Gasteiger partial charge in [-0.05, 0) is 75.8 Å². The number of benzene rings is 1. The van der Waals surface area contributed by atoms with Crippen LogP contribution < -0.4 is 10.6 Å². The molecular weight excluding hydrogens is 384 g/mol. The molecule has 1 fully saturated rings. The molecule has 1 aromatic carbocycles. The summed E-state index contributed by atoms with van der Waals surface area (Å²) in [5.74, 6) is 0.441. The van der Waals surface area contributed by atoms with Crippen molar-refractivity contribution in [1.29, 1.82) is 0 Å². The number of anilines is 1. The first kappa shape index (κ1) is 16.0. The Morgan fingerprint density at radius 3 is 2.55 bits per heavy atom. The van der Waals surface area contributed by atoms with Crippen LogP contribution in [0, 0.1) is 11.3 Å². The average Bonchev–Trinajstić information content (AvgIpc) is 2.43. The van der Waals surface area contributed by atoms with Gasteiger partial charge in [0, 0.05) is 14.4 Å². The van der Waals surface area contributed by atoms with E-state index in [-0.39, 0.29) is 11.3 Å². The topological polar surface area (TPSA) is 41.1 Å². The zero-order chi connectivity index (χ0) is 14.8. The van der Waals surface area contributed by atoms with Crippen LogP contribution in [0.5, 0.6) is 0 Å². The lowest BCUT2D eigenvalue weighted by atomic mass is 9.74. The molecule has 0 spiro atoms. The van der Waals surface area contributed by atoms with E-state index in [4.69, 9.17) is 0 Å². The van der Waals surface area contributed by atoms with Crippen LogP contribution in [-0.4, -0.2) is 19.0 Å². The van der Waals surface area contributed by atoms with Crippen LogP contribution in [0.3, 0.4) is 0 Å². The van der Waals surface area contributed by atoms with Crippen LogP contribution in [0.25, 0.3) is 0 Å². The van der Waals surface area contributed by atoms with Gasteiger partial charge in [0.05, 0.1) is 5.69 Å². The summed E-state index contributed by atoms with van der Waals surface area (Å²) >= 11 is 6.96.